The molecule has 1 spiro atoms. The van der Waals surface area contributed by atoms with Gasteiger partial charge in [-0.3, -0.25) is 0 Å². The summed E-state index contributed by atoms with van der Waals surface area (Å²) in [5, 5.41) is 2.70. The van der Waals surface area contributed by atoms with Crippen molar-refractivity contribution < 1.29 is 0 Å². The summed E-state index contributed by atoms with van der Waals surface area (Å²) in [5.74, 6) is 0. The molecule has 18 heavy (non-hydrogen) atoms. The Morgan fingerprint density at radius 1 is 0.944 bits per heavy atom. The third-order valence-electron chi connectivity index (χ3n) is 4.66. The highest BCUT2D eigenvalue weighted by molar-refractivity contribution is 9.10. The van der Waals surface area contributed by atoms with Crippen LogP contribution < -0.4 is 4.90 Å². The first-order valence-corrected chi connectivity index (χ1v) is 7.49. The van der Waals surface area contributed by atoms with Crippen LogP contribution in [0.25, 0.3) is 10.8 Å². The van der Waals surface area contributed by atoms with Crippen LogP contribution in [0.5, 0.6) is 0 Å². The number of fused-ring (bicyclic) bond motifs is 1. The first-order valence-electron chi connectivity index (χ1n) is 6.70. The summed E-state index contributed by atoms with van der Waals surface area (Å²) in [5.41, 5.74) is 2.10. The molecule has 1 aliphatic heterocycles. The van der Waals surface area contributed by atoms with Gasteiger partial charge in [0.05, 0.1) is 0 Å². The number of hydrogen-bond donors (Lipinski definition) is 0. The summed E-state index contributed by atoms with van der Waals surface area (Å²) in [4.78, 5) is 2.55. The fourth-order valence-electron chi connectivity index (χ4n) is 3.45. The van der Waals surface area contributed by atoms with Crippen molar-refractivity contribution in [1.82, 2.24) is 0 Å². The maximum absolute atomic E-state index is 3.65. The Kier molecular flexibility index (Phi) is 2.25. The maximum Gasteiger partial charge on any atom is 0.0447 e. The van der Waals surface area contributed by atoms with Crippen molar-refractivity contribution in [2.45, 2.75) is 19.3 Å². The molecule has 2 aromatic rings. The molecule has 0 aromatic heterocycles. The largest absolute Gasteiger partial charge is 0.370 e. The Morgan fingerprint density at radius 3 is 2.33 bits per heavy atom. The number of anilines is 1. The molecule has 0 unspecified atom stereocenters. The van der Waals surface area contributed by atoms with Crippen molar-refractivity contribution in [2.75, 3.05) is 18.0 Å². The second-order valence-corrected chi connectivity index (χ2v) is 6.68. The van der Waals surface area contributed by atoms with Gasteiger partial charge in [-0.25, -0.2) is 0 Å². The number of rotatable bonds is 1. The molecule has 0 bridgehead atoms. The van der Waals surface area contributed by atoms with Crippen LogP contribution in [0.15, 0.2) is 40.9 Å². The van der Waals surface area contributed by atoms with Crippen LogP contribution in [0.4, 0.5) is 5.69 Å². The molecule has 1 heterocycles. The highest BCUT2D eigenvalue weighted by Gasteiger charge is 2.47. The molecule has 1 aliphatic carbocycles. The second-order valence-electron chi connectivity index (χ2n) is 5.82. The number of hydrogen-bond acceptors (Lipinski definition) is 1. The van der Waals surface area contributed by atoms with Gasteiger partial charge >= 0.3 is 0 Å². The molecular weight excluding hydrogens is 286 g/mol. The van der Waals surface area contributed by atoms with Crippen molar-refractivity contribution in [3.8, 4) is 0 Å². The quantitative estimate of drug-likeness (QED) is 0.744. The highest BCUT2D eigenvalue weighted by atomic mass is 79.9. The average Bonchev–Trinajstić information content (AvgIpc) is 2.29. The summed E-state index contributed by atoms with van der Waals surface area (Å²) >= 11 is 3.65. The smallest absolute Gasteiger partial charge is 0.0447 e. The van der Waals surface area contributed by atoms with E-state index in [0.717, 1.165) is 0 Å². The van der Waals surface area contributed by atoms with E-state index >= 15 is 0 Å². The van der Waals surface area contributed by atoms with Crippen LogP contribution in [-0.2, 0) is 0 Å². The fraction of sp³-hybridized carbons (Fsp3) is 0.375. The molecule has 1 saturated carbocycles. The summed E-state index contributed by atoms with van der Waals surface area (Å²) in [6.45, 7) is 2.53. The summed E-state index contributed by atoms with van der Waals surface area (Å²) in [7, 11) is 0. The fourth-order valence-corrected chi connectivity index (χ4v) is 3.93. The van der Waals surface area contributed by atoms with E-state index in [-0.39, 0.29) is 0 Å². The van der Waals surface area contributed by atoms with Crippen molar-refractivity contribution in [1.29, 1.82) is 0 Å². The molecule has 92 valence electrons. The van der Waals surface area contributed by atoms with Gasteiger partial charge in [0.15, 0.2) is 0 Å². The zero-order valence-electron chi connectivity index (χ0n) is 10.3. The summed E-state index contributed by atoms with van der Waals surface area (Å²) in [6.07, 6.45) is 4.32. The minimum atomic E-state index is 0.689. The molecular formula is C16H16BrN. The van der Waals surface area contributed by atoms with Crippen LogP contribution in [0, 0.1) is 5.41 Å². The van der Waals surface area contributed by atoms with Gasteiger partial charge in [-0.15, -0.1) is 0 Å². The number of halogens is 1. The molecule has 2 heteroatoms. The Hall–Kier alpha value is -1.02. The summed E-state index contributed by atoms with van der Waals surface area (Å²) in [6, 6.07) is 13.1. The van der Waals surface area contributed by atoms with Gasteiger partial charge in [0.2, 0.25) is 0 Å². The van der Waals surface area contributed by atoms with Gasteiger partial charge in [0.1, 0.15) is 0 Å². The van der Waals surface area contributed by atoms with E-state index in [1.165, 1.54) is 53.3 Å². The third-order valence-corrected chi connectivity index (χ3v) is 5.35. The first-order chi connectivity index (χ1) is 8.77. The third kappa shape index (κ3) is 1.45. The molecule has 2 aliphatic rings. The Morgan fingerprint density at radius 2 is 1.67 bits per heavy atom. The van der Waals surface area contributed by atoms with E-state index < -0.39 is 0 Å². The van der Waals surface area contributed by atoms with Gasteiger partial charge in [0, 0.05) is 34.1 Å². The molecule has 2 aromatic carbocycles. The zero-order chi connectivity index (χ0) is 12.2. The van der Waals surface area contributed by atoms with E-state index in [1.807, 2.05) is 0 Å². The molecule has 4 rings (SSSR count). The van der Waals surface area contributed by atoms with Crippen molar-refractivity contribution >= 4 is 32.4 Å². The topological polar surface area (TPSA) is 3.24 Å². The van der Waals surface area contributed by atoms with Gasteiger partial charge < -0.3 is 4.90 Å². The van der Waals surface area contributed by atoms with Crippen LogP contribution in [-0.4, -0.2) is 13.1 Å². The lowest BCUT2D eigenvalue weighted by molar-refractivity contribution is 0.0907. The Labute approximate surface area is 116 Å². The molecule has 0 radical (unpaired) electrons. The lowest BCUT2D eigenvalue weighted by atomic mass is 9.63. The second kappa shape index (κ2) is 3.74. The van der Waals surface area contributed by atoms with Crippen LogP contribution in [0.3, 0.4) is 0 Å². The van der Waals surface area contributed by atoms with E-state index in [9.17, 15) is 0 Å². The predicted molar refractivity (Wildman–Crippen MR) is 80.1 cm³/mol. The van der Waals surface area contributed by atoms with Crippen molar-refractivity contribution in [2.24, 2.45) is 5.41 Å². The van der Waals surface area contributed by atoms with Gasteiger partial charge in [0.25, 0.3) is 0 Å². The SMILES string of the molecule is Brc1ccc(N2CC3(CCC3)C2)c2ccccc12. The Bertz CT molecular complexity index is 608. The normalized spacial score (nSPS) is 20.8. The minimum Gasteiger partial charge on any atom is -0.370 e. The van der Waals surface area contributed by atoms with Crippen molar-refractivity contribution in [3.05, 3.63) is 40.9 Å². The van der Waals surface area contributed by atoms with Crippen molar-refractivity contribution in [3.63, 3.8) is 0 Å². The first kappa shape index (κ1) is 10.9. The lowest BCUT2D eigenvalue weighted by Gasteiger charge is -2.57. The molecule has 1 saturated heterocycles. The average molecular weight is 302 g/mol. The molecule has 2 fully saturated rings. The van der Waals surface area contributed by atoms with E-state index in [2.05, 4.69) is 57.2 Å². The zero-order valence-corrected chi connectivity index (χ0v) is 11.9. The lowest BCUT2D eigenvalue weighted by Crippen LogP contribution is -2.59. The van der Waals surface area contributed by atoms with Crippen LogP contribution in [0.2, 0.25) is 0 Å². The maximum atomic E-state index is 3.65. The molecule has 0 atom stereocenters. The highest BCUT2D eigenvalue weighted by Crippen LogP contribution is 2.50. The number of benzene rings is 2. The van der Waals surface area contributed by atoms with Gasteiger partial charge in [-0.05, 0) is 30.4 Å². The van der Waals surface area contributed by atoms with E-state index in [0.29, 0.717) is 5.41 Å². The van der Waals surface area contributed by atoms with Crippen LogP contribution >= 0.6 is 15.9 Å². The number of nitrogens with zero attached hydrogens (tertiary/aromatic N) is 1. The van der Waals surface area contributed by atoms with E-state index in [1.54, 1.807) is 0 Å². The summed E-state index contributed by atoms with van der Waals surface area (Å²) < 4.78 is 1.20. The molecule has 1 nitrogen and oxygen atoms in total. The monoisotopic (exact) mass is 301 g/mol. The Balaban J connectivity index is 1.75. The van der Waals surface area contributed by atoms with E-state index in [4.69, 9.17) is 0 Å². The predicted octanol–water partition coefficient (Wildman–Crippen LogP) is 4.59. The van der Waals surface area contributed by atoms with Crippen LogP contribution in [0.1, 0.15) is 19.3 Å². The minimum absolute atomic E-state index is 0.689. The molecule has 0 amide bonds. The standard InChI is InChI=1S/C16H16BrN/c17-14-6-7-15(13-5-2-1-4-12(13)14)18-10-16(11-18)8-3-9-16/h1-2,4-7H,3,8-11H2. The molecule has 0 N–H and O–H groups in total. The van der Waals surface area contributed by atoms with Gasteiger partial charge in [-0.2, -0.15) is 0 Å². The van der Waals surface area contributed by atoms with Gasteiger partial charge in [-0.1, -0.05) is 46.6 Å².